The number of benzene rings is 1. The molecule has 2 aliphatic rings. The van der Waals surface area contributed by atoms with Crippen molar-refractivity contribution >= 4 is 18.3 Å². The molecule has 3 atom stereocenters. The van der Waals surface area contributed by atoms with E-state index < -0.39 is 0 Å². The van der Waals surface area contributed by atoms with Gasteiger partial charge in [0, 0.05) is 18.5 Å². The van der Waals surface area contributed by atoms with Crippen molar-refractivity contribution in [2.75, 3.05) is 13.7 Å². The summed E-state index contributed by atoms with van der Waals surface area (Å²) in [5.41, 5.74) is 7.27. The first kappa shape index (κ1) is 18.1. The van der Waals surface area contributed by atoms with Crippen LogP contribution in [0.15, 0.2) is 24.3 Å². The van der Waals surface area contributed by atoms with Crippen LogP contribution in [0.3, 0.4) is 0 Å². The second-order valence-corrected chi connectivity index (χ2v) is 6.59. The molecule has 1 heterocycles. The zero-order valence-electron chi connectivity index (χ0n) is 13.7. The lowest BCUT2D eigenvalue weighted by Crippen LogP contribution is -2.40. The molecule has 1 aromatic carbocycles. The summed E-state index contributed by atoms with van der Waals surface area (Å²) in [4.78, 5) is 15.0. The van der Waals surface area contributed by atoms with E-state index in [2.05, 4.69) is 17.0 Å². The van der Waals surface area contributed by atoms with Crippen molar-refractivity contribution in [2.24, 2.45) is 11.7 Å². The van der Waals surface area contributed by atoms with Gasteiger partial charge in [0.1, 0.15) is 5.75 Å². The Labute approximate surface area is 144 Å². The number of hydrogen-bond donors (Lipinski definition) is 1. The van der Waals surface area contributed by atoms with Crippen LogP contribution in [-0.2, 0) is 4.79 Å². The number of carbonyl (C=O) groups excluding carboxylic acids is 1. The monoisotopic (exact) mass is 338 g/mol. The minimum atomic E-state index is 0. The molecule has 23 heavy (non-hydrogen) atoms. The molecule has 1 saturated heterocycles. The highest BCUT2D eigenvalue weighted by atomic mass is 35.5. The van der Waals surface area contributed by atoms with Gasteiger partial charge in [-0.25, -0.2) is 0 Å². The maximum atomic E-state index is 12.9. The lowest BCUT2D eigenvalue weighted by Gasteiger charge is -2.32. The van der Waals surface area contributed by atoms with E-state index in [0.717, 1.165) is 50.8 Å². The highest BCUT2D eigenvalue weighted by molar-refractivity contribution is 5.85. The van der Waals surface area contributed by atoms with Crippen molar-refractivity contribution in [3.63, 3.8) is 0 Å². The van der Waals surface area contributed by atoms with E-state index in [1.807, 2.05) is 12.1 Å². The zero-order valence-corrected chi connectivity index (χ0v) is 14.6. The summed E-state index contributed by atoms with van der Waals surface area (Å²) in [6, 6.07) is 8.55. The molecule has 0 aromatic heterocycles. The highest BCUT2D eigenvalue weighted by Crippen LogP contribution is 2.36. The quantitative estimate of drug-likeness (QED) is 0.920. The number of halogens is 1. The number of hydrogen-bond acceptors (Lipinski definition) is 3. The van der Waals surface area contributed by atoms with E-state index in [4.69, 9.17) is 10.5 Å². The molecule has 5 heteroatoms. The van der Waals surface area contributed by atoms with E-state index in [1.165, 1.54) is 5.56 Å². The van der Waals surface area contributed by atoms with E-state index in [0.29, 0.717) is 5.91 Å². The summed E-state index contributed by atoms with van der Waals surface area (Å²) < 4.78 is 5.22. The molecule has 0 spiro atoms. The highest BCUT2D eigenvalue weighted by Gasteiger charge is 2.35. The number of ether oxygens (including phenoxy) is 1. The minimum absolute atomic E-state index is 0. The van der Waals surface area contributed by atoms with Crippen molar-refractivity contribution < 1.29 is 9.53 Å². The summed E-state index contributed by atoms with van der Waals surface area (Å²) in [6.45, 7) is 0.876. The molecule has 128 valence electrons. The van der Waals surface area contributed by atoms with Gasteiger partial charge in [-0.2, -0.15) is 0 Å². The Morgan fingerprint density at radius 2 is 1.91 bits per heavy atom. The summed E-state index contributed by atoms with van der Waals surface area (Å²) in [5.74, 6) is 1.30. The molecule has 3 unspecified atom stereocenters. The normalized spacial score (nSPS) is 27.4. The van der Waals surface area contributed by atoms with E-state index in [9.17, 15) is 4.79 Å². The summed E-state index contributed by atoms with van der Waals surface area (Å²) in [6.07, 6.45) is 6.13. The van der Waals surface area contributed by atoms with E-state index in [1.54, 1.807) is 7.11 Å². The summed E-state index contributed by atoms with van der Waals surface area (Å²) in [7, 11) is 1.67. The predicted octanol–water partition coefficient (Wildman–Crippen LogP) is 3.30. The average molecular weight is 339 g/mol. The average Bonchev–Trinajstić information content (AvgIpc) is 3.04. The summed E-state index contributed by atoms with van der Waals surface area (Å²) >= 11 is 0. The van der Waals surface area contributed by atoms with Gasteiger partial charge in [0.05, 0.1) is 13.2 Å². The summed E-state index contributed by atoms with van der Waals surface area (Å²) in [5, 5.41) is 0. The van der Waals surface area contributed by atoms with Gasteiger partial charge >= 0.3 is 0 Å². The third-order valence-electron chi connectivity index (χ3n) is 5.10. The second-order valence-electron chi connectivity index (χ2n) is 6.59. The largest absolute Gasteiger partial charge is 0.497 e. The van der Waals surface area contributed by atoms with Crippen LogP contribution in [0.5, 0.6) is 5.75 Å². The molecule has 3 rings (SSSR count). The van der Waals surface area contributed by atoms with Gasteiger partial charge in [-0.1, -0.05) is 18.6 Å². The van der Waals surface area contributed by atoms with Crippen molar-refractivity contribution in [1.82, 2.24) is 4.90 Å². The Morgan fingerprint density at radius 3 is 2.57 bits per heavy atom. The number of nitrogens with zero attached hydrogens (tertiary/aromatic N) is 1. The molecule has 1 amide bonds. The Balaban J connectivity index is 0.00000192. The van der Waals surface area contributed by atoms with Gasteiger partial charge in [0.2, 0.25) is 5.91 Å². The maximum absolute atomic E-state index is 12.9. The van der Waals surface area contributed by atoms with Gasteiger partial charge < -0.3 is 15.4 Å². The van der Waals surface area contributed by atoms with Crippen molar-refractivity contribution in [1.29, 1.82) is 0 Å². The lowest BCUT2D eigenvalue weighted by molar-refractivity contribution is -0.137. The van der Waals surface area contributed by atoms with Crippen molar-refractivity contribution in [3.05, 3.63) is 29.8 Å². The SMILES string of the molecule is COc1ccc(C2CCCN2C(=O)C2CCCC(N)C2)cc1.Cl. The molecule has 1 aromatic rings. The fraction of sp³-hybridized carbons (Fsp3) is 0.611. The molecule has 1 aliphatic heterocycles. The zero-order chi connectivity index (χ0) is 15.5. The van der Waals surface area contributed by atoms with Crippen LogP contribution >= 0.6 is 12.4 Å². The number of likely N-dealkylation sites (tertiary alicyclic amines) is 1. The number of rotatable bonds is 3. The van der Waals surface area contributed by atoms with Gasteiger partial charge in [-0.3, -0.25) is 4.79 Å². The molecule has 1 aliphatic carbocycles. The fourth-order valence-electron chi connectivity index (χ4n) is 3.89. The third-order valence-corrected chi connectivity index (χ3v) is 5.10. The van der Waals surface area contributed by atoms with Gasteiger partial charge in [-0.05, 0) is 49.8 Å². The Morgan fingerprint density at radius 1 is 1.17 bits per heavy atom. The first-order valence-electron chi connectivity index (χ1n) is 8.39. The van der Waals surface area contributed by atoms with Crippen LogP contribution in [0, 0.1) is 5.92 Å². The lowest BCUT2D eigenvalue weighted by atomic mass is 9.85. The Bertz CT molecular complexity index is 520. The van der Waals surface area contributed by atoms with Crippen molar-refractivity contribution in [2.45, 2.75) is 50.6 Å². The van der Waals surface area contributed by atoms with E-state index in [-0.39, 0.29) is 30.4 Å². The number of carbonyl (C=O) groups is 1. The number of methoxy groups -OCH3 is 1. The number of nitrogens with two attached hydrogens (primary N) is 1. The standard InChI is InChI=1S/C18H26N2O2.ClH/c1-22-16-9-7-13(8-10-16)17-6-3-11-20(17)18(21)14-4-2-5-15(19)12-14;/h7-10,14-15,17H,2-6,11-12,19H2,1H3;1H. The Hall–Kier alpha value is -1.26. The van der Waals surface area contributed by atoms with E-state index >= 15 is 0 Å². The van der Waals surface area contributed by atoms with Crippen LogP contribution < -0.4 is 10.5 Å². The molecular weight excluding hydrogens is 312 g/mol. The Kier molecular flexibility index (Phi) is 6.31. The van der Waals surface area contributed by atoms with Crippen LogP contribution in [0.25, 0.3) is 0 Å². The molecule has 0 bridgehead atoms. The minimum Gasteiger partial charge on any atom is -0.497 e. The van der Waals surface area contributed by atoms with Crippen LogP contribution in [0.4, 0.5) is 0 Å². The smallest absolute Gasteiger partial charge is 0.226 e. The number of amides is 1. The first-order chi connectivity index (χ1) is 10.7. The third kappa shape index (κ3) is 3.99. The van der Waals surface area contributed by atoms with Crippen LogP contribution in [-0.4, -0.2) is 30.5 Å². The fourth-order valence-corrected chi connectivity index (χ4v) is 3.89. The first-order valence-corrected chi connectivity index (χ1v) is 8.39. The maximum Gasteiger partial charge on any atom is 0.226 e. The topological polar surface area (TPSA) is 55.6 Å². The molecule has 4 nitrogen and oxygen atoms in total. The predicted molar refractivity (Wildman–Crippen MR) is 93.9 cm³/mol. The molecule has 1 saturated carbocycles. The van der Waals surface area contributed by atoms with Gasteiger partial charge in [-0.15, -0.1) is 12.4 Å². The molecule has 0 radical (unpaired) electrons. The van der Waals surface area contributed by atoms with Crippen LogP contribution in [0.1, 0.15) is 50.1 Å². The van der Waals surface area contributed by atoms with Gasteiger partial charge in [0.25, 0.3) is 0 Å². The molecule has 2 fully saturated rings. The molecule has 2 N–H and O–H groups in total. The van der Waals surface area contributed by atoms with Crippen molar-refractivity contribution in [3.8, 4) is 5.75 Å². The second kappa shape index (κ2) is 8.02. The van der Waals surface area contributed by atoms with Crippen LogP contribution in [0.2, 0.25) is 0 Å². The molecular formula is C18H27ClN2O2. The van der Waals surface area contributed by atoms with Gasteiger partial charge in [0.15, 0.2) is 0 Å².